The van der Waals surface area contributed by atoms with Crippen molar-refractivity contribution in [2.75, 3.05) is 4.90 Å². The summed E-state index contributed by atoms with van der Waals surface area (Å²) in [4.78, 5) is 26.6. The minimum Gasteiger partial charge on any atom is -0.478 e. The maximum atomic E-state index is 13.3. The zero-order valence-electron chi connectivity index (χ0n) is 16.9. The van der Waals surface area contributed by atoms with E-state index in [0.29, 0.717) is 13.0 Å². The molecule has 5 rings (SSSR count). The van der Waals surface area contributed by atoms with Crippen molar-refractivity contribution in [1.82, 2.24) is 0 Å². The monoisotopic (exact) mass is 407 g/mol. The van der Waals surface area contributed by atoms with Crippen LogP contribution in [0.5, 0.6) is 0 Å². The number of hydrogen-bond acceptors (Lipinski definition) is 2. The molecule has 1 heterocycles. The van der Waals surface area contributed by atoms with Crippen LogP contribution < -0.4 is 4.90 Å². The molecule has 4 heteroatoms. The maximum Gasteiger partial charge on any atom is 0.335 e. The van der Waals surface area contributed by atoms with Crippen molar-refractivity contribution in [1.29, 1.82) is 0 Å². The Morgan fingerprint density at radius 3 is 2.32 bits per heavy atom. The van der Waals surface area contributed by atoms with Crippen molar-refractivity contribution in [2.24, 2.45) is 0 Å². The molecule has 0 bridgehead atoms. The molecule has 0 fully saturated rings. The Hall–Kier alpha value is -3.92. The van der Waals surface area contributed by atoms with Gasteiger partial charge in [0.2, 0.25) is 5.91 Å². The SMILES string of the molecule is O=C(O)c1ccc2c3c(ccc2c1)N(Cc1ccccc1)C(=O)C[C@H]3c1ccccc1. The molecule has 31 heavy (non-hydrogen) atoms. The van der Waals surface area contributed by atoms with Crippen molar-refractivity contribution in [2.45, 2.75) is 18.9 Å². The predicted octanol–water partition coefficient (Wildman–Crippen LogP) is 5.61. The maximum absolute atomic E-state index is 13.3. The first kappa shape index (κ1) is 19.1. The van der Waals surface area contributed by atoms with Crippen molar-refractivity contribution in [3.63, 3.8) is 0 Å². The second-order valence-corrected chi connectivity index (χ2v) is 7.87. The molecular formula is C27H21NO3. The number of carbonyl (C=O) groups is 2. The largest absolute Gasteiger partial charge is 0.478 e. The van der Waals surface area contributed by atoms with Crippen LogP contribution in [-0.4, -0.2) is 17.0 Å². The summed E-state index contributed by atoms with van der Waals surface area (Å²) in [7, 11) is 0. The summed E-state index contributed by atoms with van der Waals surface area (Å²) in [6, 6.07) is 29.1. The van der Waals surface area contributed by atoms with Crippen molar-refractivity contribution < 1.29 is 14.7 Å². The van der Waals surface area contributed by atoms with Crippen LogP contribution in [0.25, 0.3) is 10.8 Å². The number of amides is 1. The lowest BCUT2D eigenvalue weighted by atomic mass is 9.81. The summed E-state index contributed by atoms with van der Waals surface area (Å²) in [5.41, 5.74) is 4.39. The summed E-state index contributed by atoms with van der Waals surface area (Å²) in [5.74, 6) is -0.929. The van der Waals surface area contributed by atoms with Gasteiger partial charge in [0.05, 0.1) is 12.1 Å². The quantitative estimate of drug-likeness (QED) is 0.479. The summed E-state index contributed by atoms with van der Waals surface area (Å²) in [5, 5.41) is 11.3. The second kappa shape index (κ2) is 7.73. The van der Waals surface area contributed by atoms with Crippen LogP contribution in [0.1, 0.15) is 39.4 Å². The van der Waals surface area contributed by atoms with Gasteiger partial charge in [-0.3, -0.25) is 4.79 Å². The van der Waals surface area contributed by atoms with Gasteiger partial charge in [-0.05, 0) is 45.7 Å². The highest BCUT2D eigenvalue weighted by molar-refractivity contribution is 6.04. The summed E-state index contributed by atoms with van der Waals surface area (Å²) in [6.45, 7) is 0.507. The molecule has 0 radical (unpaired) electrons. The smallest absolute Gasteiger partial charge is 0.335 e. The fourth-order valence-electron chi connectivity index (χ4n) is 4.51. The van der Waals surface area contributed by atoms with E-state index in [4.69, 9.17) is 0 Å². The fourth-order valence-corrected chi connectivity index (χ4v) is 4.51. The normalized spacial score (nSPS) is 15.7. The lowest BCUT2D eigenvalue weighted by molar-refractivity contribution is -0.119. The molecule has 0 saturated heterocycles. The third kappa shape index (κ3) is 3.46. The van der Waals surface area contributed by atoms with Crippen LogP contribution in [-0.2, 0) is 11.3 Å². The number of anilines is 1. The number of fused-ring (bicyclic) bond motifs is 3. The highest BCUT2D eigenvalue weighted by Crippen LogP contribution is 2.44. The molecule has 0 spiro atoms. The molecule has 0 aromatic heterocycles. The lowest BCUT2D eigenvalue weighted by Gasteiger charge is -2.35. The number of nitrogens with zero attached hydrogens (tertiary/aromatic N) is 1. The minimum absolute atomic E-state index is 0.0740. The number of aromatic carboxylic acids is 1. The van der Waals surface area contributed by atoms with Crippen LogP contribution >= 0.6 is 0 Å². The van der Waals surface area contributed by atoms with E-state index in [1.54, 1.807) is 12.1 Å². The van der Waals surface area contributed by atoms with E-state index in [9.17, 15) is 14.7 Å². The van der Waals surface area contributed by atoms with E-state index in [2.05, 4.69) is 12.1 Å². The van der Waals surface area contributed by atoms with E-state index >= 15 is 0 Å². The summed E-state index contributed by atoms with van der Waals surface area (Å²) < 4.78 is 0. The van der Waals surface area contributed by atoms with Gasteiger partial charge in [-0.25, -0.2) is 4.79 Å². The van der Waals surface area contributed by atoms with Gasteiger partial charge in [-0.2, -0.15) is 0 Å². The Kier molecular flexibility index (Phi) is 4.75. The van der Waals surface area contributed by atoms with E-state index in [0.717, 1.165) is 33.2 Å². The highest BCUT2D eigenvalue weighted by Gasteiger charge is 2.33. The van der Waals surface area contributed by atoms with Crippen LogP contribution in [0.4, 0.5) is 5.69 Å². The number of hydrogen-bond donors (Lipinski definition) is 1. The van der Waals surface area contributed by atoms with Gasteiger partial charge in [0.25, 0.3) is 0 Å². The van der Waals surface area contributed by atoms with E-state index in [1.807, 2.05) is 71.6 Å². The molecule has 4 aromatic carbocycles. The predicted molar refractivity (Wildman–Crippen MR) is 121 cm³/mol. The van der Waals surface area contributed by atoms with Crippen molar-refractivity contribution in [3.8, 4) is 0 Å². The minimum atomic E-state index is -0.944. The Morgan fingerprint density at radius 1 is 0.903 bits per heavy atom. The van der Waals surface area contributed by atoms with Crippen LogP contribution in [0.15, 0.2) is 91.0 Å². The molecule has 1 aliphatic rings. The average molecular weight is 407 g/mol. The molecular weight excluding hydrogens is 386 g/mol. The molecule has 1 atom stereocenters. The number of carbonyl (C=O) groups excluding carboxylic acids is 1. The Morgan fingerprint density at radius 2 is 1.61 bits per heavy atom. The topological polar surface area (TPSA) is 57.6 Å². The Labute approximate surface area is 180 Å². The third-order valence-corrected chi connectivity index (χ3v) is 5.99. The third-order valence-electron chi connectivity index (χ3n) is 5.99. The van der Waals surface area contributed by atoms with Gasteiger partial charge in [-0.1, -0.05) is 72.8 Å². The number of benzene rings is 4. The van der Waals surface area contributed by atoms with Gasteiger partial charge in [0.1, 0.15) is 0 Å². The zero-order valence-corrected chi connectivity index (χ0v) is 16.9. The molecule has 4 nitrogen and oxygen atoms in total. The van der Waals surface area contributed by atoms with Gasteiger partial charge in [0, 0.05) is 18.0 Å². The molecule has 152 valence electrons. The van der Waals surface area contributed by atoms with Crippen molar-refractivity contribution in [3.05, 3.63) is 113 Å². The number of rotatable bonds is 4. The summed E-state index contributed by atoms with van der Waals surface area (Å²) >= 11 is 0. The first-order valence-electron chi connectivity index (χ1n) is 10.3. The van der Waals surface area contributed by atoms with Gasteiger partial charge < -0.3 is 10.0 Å². The lowest BCUT2D eigenvalue weighted by Crippen LogP contribution is -2.36. The number of carboxylic acid groups (broad SMARTS) is 1. The van der Waals surface area contributed by atoms with E-state index in [-0.39, 0.29) is 17.4 Å². The van der Waals surface area contributed by atoms with Crippen LogP contribution in [0, 0.1) is 0 Å². The summed E-state index contributed by atoms with van der Waals surface area (Å²) in [6.07, 6.45) is 0.379. The Balaban J connectivity index is 1.71. The molecule has 0 saturated carbocycles. The van der Waals surface area contributed by atoms with Gasteiger partial charge in [-0.15, -0.1) is 0 Å². The van der Waals surface area contributed by atoms with E-state index < -0.39 is 5.97 Å². The Bertz CT molecular complexity index is 1280. The van der Waals surface area contributed by atoms with Gasteiger partial charge in [0.15, 0.2) is 0 Å². The van der Waals surface area contributed by atoms with Crippen LogP contribution in [0.2, 0.25) is 0 Å². The second-order valence-electron chi connectivity index (χ2n) is 7.87. The zero-order chi connectivity index (χ0) is 21.4. The molecule has 0 unspecified atom stereocenters. The highest BCUT2D eigenvalue weighted by atomic mass is 16.4. The standard InChI is InChI=1S/C27H21NO3/c29-25-16-23(19-9-5-2-6-10-19)26-22-13-11-21(27(30)31)15-20(22)12-14-24(26)28(25)17-18-7-3-1-4-8-18/h1-15,23H,16-17H2,(H,30,31)/t23-/m0/s1. The first-order chi connectivity index (χ1) is 15.1. The molecule has 4 aromatic rings. The fraction of sp³-hybridized carbons (Fsp3) is 0.111. The molecule has 0 aliphatic carbocycles. The average Bonchev–Trinajstić information content (AvgIpc) is 2.81. The molecule has 1 aliphatic heterocycles. The first-order valence-corrected chi connectivity index (χ1v) is 10.3. The van der Waals surface area contributed by atoms with Crippen molar-refractivity contribution >= 4 is 28.3 Å². The molecule has 1 amide bonds. The van der Waals surface area contributed by atoms with Crippen LogP contribution in [0.3, 0.4) is 0 Å². The number of carboxylic acids is 1. The molecule has 1 N–H and O–H groups in total. The van der Waals surface area contributed by atoms with E-state index in [1.165, 1.54) is 0 Å². The van der Waals surface area contributed by atoms with Gasteiger partial charge >= 0.3 is 5.97 Å².